The molecule has 1 saturated carbocycles. The molecule has 1 unspecified atom stereocenters. The summed E-state index contributed by atoms with van der Waals surface area (Å²) in [6, 6.07) is -0.323. The summed E-state index contributed by atoms with van der Waals surface area (Å²) in [5.74, 6) is 0.0137. The van der Waals surface area contributed by atoms with Crippen LogP contribution in [-0.4, -0.2) is 42.9 Å². The number of nitrogens with zero attached hydrogens (tertiary/aromatic N) is 1. The zero-order valence-corrected chi connectivity index (χ0v) is 11.8. The van der Waals surface area contributed by atoms with Crippen molar-refractivity contribution in [3.63, 3.8) is 0 Å². The van der Waals surface area contributed by atoms with Gasteiger partial charge in [-0.25, -0.2) is 0 Å². The lowest BCUT2D eigenvalue weighted by Gasteiger charge is -2.35. The van der Waals surface area contributed by atoms with Crippen LogP contribution >= 0.6 is 0 Å². The third kappa shape index (κ3) is 3.26. The Hall–Kier alpha value is -1.10. The average Bonchev–Trinajstić information content (AvgIpc) is 2.72. The van der Waals surface area contributed by atoms with Crippen molar-refractivity contribution in [2.24, 2.45) is 11.1 Å². The van der Waals surface area contributed by atoms with Crippen LogP contribution in [0.2, 0.25) is 0 Å². The van der Waals surface area contributed by atoms with Gasteiger partial charge in [-0.3, -0.25) is 9.59 Å². The highest BCUT2D eigenvalue weighted by Crippen LogP contribution is 2.38. The molecule has 2 amide bonds. The molecular formula is C14H25N3O2. The minimum absolute atomic E-state index is 0.0130. The van der Waals surface area contributed by atoms with Crippen LogP contribution in [0.15, 0.2) is 0 Å². The minimum Gasteiger partial charge on any atom is -0.344 e. The van der Waals surface area contributed by atoms with Gasteiger partial charge < -0.3 is 16.0 Å². The Labute approximate surface area is 114 Å². The molecule has 1 aliphatic carbocycles. The normalized spacial score (nSPS) is 26.5. The van der Waals surface area contributed by atoms with E-state index in [4.69, 9.17) is 5.73 Å². The molecular weight excluding hydrogens is 242 g/mol. The van der Waals surface area contributed by atoms with Crippen LogP contribution in [0.1, 0.15) is 44.9 Å². The van der Waals surface area contributed by atoms with E-state index in [9.17, 15) is 9.59 Å². The number of hydrogen-bond acceptors (Lipinski definition) is 3. The van der Waals surface area contributed by atoms with E-state index in [1.165, 1.54) is 6.42 Å². The van der Waals surface area contributed by atoms with Gasteiger partial charge in [-0.05, 0) is 31.2 Å². The first kappa shape index (κ1) is 14.3. The van der Waals surface area contributed by atoms with Crippen LogP contribution < -0.4 is 11.1 Å². The lowest BCUT2D eigenvalue weighted by molar-refractivity contribution is -0.132. The third-order valence-electron chi connectivity index (χ3n) is 4.65. The summed E-state index contributed by atoms with van der Waals surface area (Å²) in [7, 11) is 1.77. The van der Waals surface area contributed by atoms with Crippen LogP contribution in [0.5, 0.6) is 0 Å². The fourth-order valence-corrected chi connectivity index (χ4v) is 3.30. The van der Waals surface area contributed by atoms with Crippen LogP contribution in [0.3, 0.4) is 0 Å². The molecule has 0 radical (unpaired) electrons. The van der Waals surface area contributed by atoms with Crippen LogP contribution in [0.25, 0.3) is 0 Å². The fourth-order valence-electron chi connectivity index (χ4n) is 3.30. The van der Waals surface area contributed by atoms with E-state index in [0.717, 1.165) is 38.6 Å². The molecule has 0 aromatic rings. The largest absolute Gasteiger partial charge is 0.344 e. The van der Waals surface area contributed by atoms with E-state index in [1.807, 2.05) is 0 Å². The lowest BCUT2D eigenvalue weighted by Crippen LogP contribution is -2.44. The summed E-state index contributed by atoms with van der Waals surface area (Å²) in [6.07, 6.45) is 6.83. The second-order valence-electron chi connectivity index (χ2n) is 6.11. The Morgan fingerprint density at radius 3 is 2.63 bits per heavy atom. The zero-order valence-electron chi connectivity index (χ0n) is 11.8. The smallest absolute Gasteiger partial charge is 0.244 e. The van der Waals surface area contributed by atoms with Gasteiger partial charge in [-0.2, -0.15) is 0 Å². The van der Waals surface area contributed by atoms with Crippen LogP contribution in [0.4, 0.5) is 0 Å². The monoisotopic (exact) mass is 267 g/mol. The highest BCUT2D eigenvalue weighted by Gasteiger charge is 2.35. The summed E-state index contributed by atoms with van der Waals surface area (Å²) in [5, 5.41) is 2.88. The molecule has 19 heavy (non-hydrogen) atoms. The quantitative estimate of drug-likeness (QED) is 0.784. The van der Waals surface area contributed by atoms with Crippen molar-refractivity contribution in [1.29, 1.82) is 0 Å². The maximum atomic E-state index is 12.1. The van der Waals surface area contributed by atoms with Crippen molar-refractivity contribution in [2.75, 3.05) is 20.1 Å². The third-order valence-corrected chi connectivity index (χ3v) is 4.65. The first-order valence-corrected chi connectivity index (χ1v) is 7.31. The Balaban J connectivity index is 1.88. The van der Waals surface area contributed by atoms with E-state index >= 15 is 0 Å². The molecule has 2 fully saturated rings. The number of likely N-dealkylation sites (N-methyl/N-ethyl adjacent to an activating group) is 1. The van der Waals surface area contributed by atoms with Crippen molar-refractivity contribution >= 4 is 11.8 Å². The van der Waals surface area contributed by atoms with Gasteiger partial charge in [0.2, 0.25) is 11.8 Å². The molecule has 1 aliphatic heterocycles. The Kier molecular flexibility index (Phi) is 4.45. The Bertz CT molecular complexity index is 351. The number of carbonyl (C=O) groups excluding carboxylic acids is 2. The second kappa shape index (κ2) is 5.90. The van der Waals surface area contributed by atoms with E-state index in [1.54, 1.807) is 11.9 Å². The Morgan fingerprint density at radius 1 is 1.42 bits per heavy atom. The van der Waals surface area contributed by atoms with Crippen LogP contribution in [0, 0.1) is 5.41 Å². The van der Waals surface area contributed by atoms with Gasteiger partial charge in [0.15, 0.2) is 0 Å². The first-order chi connectivity index (χ1) is 9.06. The van der Waals surface area contributed by atoms with Crippen molar-refractivity contribution < 1.29 is 9.59 Å². The molecule has 0 bridgehead atoms. The van der Waals surface area contributed by atoms with E-state index < -0.39 is 0 Å². The number of likely N-dealkylation sites (tertiary alicyclic amines) is 1. The molecule has 2 rings (SSSR count). The molecule has 0 spiro atoms. The molecule has 1 atom stereocenters. The van der Waals surface area contributed by atoms with Gasteiger partial charge in [0.05, 0.1) is 0 Å². The van der Waals surface area contributed by atoms with Gasteiger partial charge in [0.25, 0.3) is 0 Å². The molecule has 1 saturated heterocycles. The molecule has 3 N–H and O–H groups in total. The summed E-state index contributed by atoms with van der Waals surface area (Å²) in [5.41, 5.74) is 5.86. The number of nitrogens with two attached hydrogens (primary N) is 1. The predicted molar refractivity (Wildman–Crippen MR) is 73.4 cm³/mol. The van der Waals surface area contributed by atoms with Gasteiger partial charge >= 0.3 is 0 Å². The number of amides is 2. The molecule has 1 heterocycles. The molecule has 0 aromatic carbocycles. The SMILES string of the molecule is CN1CCC(NC(=O)CC2(CN)CCCCC2)C1=O. The highest BCUT2D eigenvalue weighted by molar-refractivity contribution is 5.89. The molecule has 108 valence electrons. The number of carbonyl (C=O) groups is 2. The minimum atomic E-state index is -0.323. The first-order valence-electron chi connectivity index (χ1n) is 7.31. The molecule has 0 aromatic heterocycles. The van der Waals surface area contributed by atoms with Crippen molar-refractivity contribution in [3.8, 4) is 0 Å². The second-order valence-corrected chi connectivity index (χ2v) is 6.11. The average molecular weight is 267 g/mol. The fraction of sp³-hybridized carbons (Fsp3) is 0.857. The lowest BCUT2D eigenvalue weighted by atomic mass is 9.71. The van der Waals surface area contributed by atoms with E-state index in [2.05, 4.69) is 5.32 Å². The maximum absolute atomic E-state index is 12.1. The summed E-state index contributed by atoms with van der Waals surface area (Å²) < 4.78 is 0. The predicted octanol–water partition coefficient (Wildman–Crippen LogP) is 0.633. The maximum Gasteiger partial charge on any atom is 0.244 e. The van der Waals surface area contributed by atoms with E-state index in [-0.39, 0.29) is 23.3 Å². The van der Waals surface area contributed by atoms with Gasteiger partial charge in [-0.1, -0.05) is 19.3 Å². The number of nitrogens with one attached hydrogen (secondary N) is 1. The van der Waals surface area contributed by atoms with Crippen molar-refractivity contribution in [3.05, 3.63) is 0 Å². The van der Waals surface area contributed by atoms with Gasteiger partial charge in [0, 0.05) is 20.0 Å². The highest BCUT2D eigenvalue weighted by atomic mass is 16.2. The molecule has 5 nitrogen and oxygen atoms in total. The summed E-state index contributed by atoms with van der Waals surface area (Å²) >= 11 is 0. The van der Waals surface area contributed by atoms with Gasteiger partial charge in [-0.15, -0.1) is 0 Å². The van der Waals surface area contributed by atoms with Crippen LogP contribution in [-0.2, 0) is 9.59 Å². The Morgan fingerprint density at radius 2 is 2.11 bits per heavy atom. The topological polar surface area (TPSA) is 75.4 Å². The summed E-state index contributed by atoms with van der Waals surface area (Å²) in [6.45, 7) is 1.30. The number of rotatable bonds is 4. The number of hydrogen-bond donors (Lipinski definition) is 2. The summed E-state index contributed by atoms with van der Waals surface area (Å²) in [4.78, 5) is 25.6. The van der Waals surface area contributed by atoms with E-state index in [0.29, 0.717) is 13.0 Å². The zero-order chi connectivity index (χ0) is 13.9. The standard InChI is InChI=1S/C14H25N3O2/c1-17-8-5-11(13(17)19)16-12(18)9-14(10-15)6-3-2-4-7-14/h11H,2-10,15H2,1H3,(H,16,18). The molecule has 2 aliphatic rings. The van der Waals surface area contributed by atoms with Gasteiger partial charge in [0.1, 0.15) is 6.04 Å². The van der Waals surface area contributed by atoms with Crippen molar-refractivity contribution in [2.45, 2.75) is 51.0 Å². The molecule has 5 heteroatoms. The van der Waals surface area contributed by atoms with Crippen molar-refractivity contribution in [1.82, 2.24) is 10.2 Å².